The second-order valence-electron chi connectivity index (χ2n) is 9.17. The number of methoxy groups -OCH3 is 1. The number of carbonyl (C=O) groups is 1. The molecular formula is C29H30N6O2S. The maximum atomic E-state index is 13.0. The molecule has 38 heavy (non-hydrogen) atoms. The number of aryl methyl sites for hydroxylation is 1. The van der Waals surface area contributed by atoms with Crippen LogP contribution in [0.3, 0.4) is 0 Å². The number of nitrogens with one attached hydrogen (secondary N) is 2. The number of aromatic nitrogens is 3. The van der Waals surface area contributed by atoms with Gasteiger partial charge in [-0.15, -0.1) is 0 Å². The second-order valence-corrected chi connectivity index (χ2v) is 9.55. The number of ether oxygens (including phenoxy) is 1. The highest BCUT2D eigenvalue weighted by atomic mass is 32.1. The molecule has 0 aliphatic carbocycles. The molecule has 4 aromatic rings. The average molecular weight is 527 g/mol. The minimum atomic E-state index is -0.168. The molecule has 194 valence electrons. The Morgan fingerprint density at radius 3 is 2.50 bits per heavy atom. The fourth-order valence-electron chi connectivity index (χ4n) is 5.09. The van der Waals surface area contributed by atoms with Gasteiger partial charge in [-0.25, -0.2) is 4.98 Å². The standard InChI is InChI=1S/C29H30N6O2S/c1-19-18-21(20(2)35(19)25-13-7-9-16-31-25)28-27(23-11-6-8-15-30-23)33-29(38)34(28)17-14-26(36)32-22-10-4-5-12-24(22)37-3/h4-13,15-16,18,27-28H,14,17H2,1-3H3,(H,32,36)(H,33,38). The smallest absolute Gasteiger partial charge is 0.226 e. The number of hydrogen-bond donors (Lipinski definition) is 2. The number of anilines is 1. The van der Waals surface area contributed by atoms with Crippen LogP contribution in [0.4, 0.5) is 5.69 Å². The molecule has 1 aliphatic rings. The van der Waals surface area contributed by atoms with Crippen LogP contribution < -0.4 is 15.4 Å². The van der Waals surface area contributed by atoms with Gasteiger partial charge in [0, 0.05) is 36.7 Å². The number of carbonyl (C=O) groups excluding carboxylic acids is 1. The van der Waals surface area contributed by atoms with E-state index in [4.69, 9.17) is 17.0 Å². The highest BCUT2D eigenvalue weighted by Gasteiger charge is 2.41. The summed E-state index contributed by atoms with van der Waals surface area (Å²) in [6, 6.07) is 21.0. The van der Waals surface area contributed by atoms with Gasteiger partial charge in [-0.2, -0.15) is 0 Å². The molecule has 8 nitrogen and oxygen atoms in total. The topological polar surface area (TPSA) is 84.3 Å². The molecular weight excluding hydrogens is 496 g/mol. The number of amides is 1. The molecule has 1 aliphatic heterocycles. The zero-order valence-electron chi connectivity index (χ0n) is 21.6. The number of hydrogen-bond acceptors (Lipinski definition) is 5. The van der Waals surface area contributed by atoms with E-state index in [0.29, 0.717) is 23.1 Å². The molecule has 1 fully saturated rings. The van der Waals surface area contributed by atoms with Crippen LogP contribution in [-0.2, 0) is 4.79 Å². The summed E-state index contributed by atoms with van der Waals surface area (Å²) in [4.78, 5) is 24.3. The van der Waals surface area contributed by atoms with Crippen molar-refractivity contribution >= 4 is 28.9 Å². The van der Waals surface area contributed by atoms with Crippen LogP contribution >= 0.6 is 12.2 Å². The summed E-state index contributed by atoms with van der Waals surface area (Å²) >= 11 is 5.81. The highest BCUT2D eigenvalue weighted by Crippen LogP contribution is 2.41. The van der Waals surface area contributed by atoms with Gasteiger partial charge in [0.1, 0.15) is 11.6 Å². The molecule has 0 saturated carbocycles. The Morgan fingerprint density at radius 1 is 1.05 bits per heavy atom. The predicted octanol–water partition coefficient (Wildman–Crippen LogP) is 4.89. The predicted molar refractivity (Wildman–Crippen MR) is 151 cm³/mol. The van der Waals surface area contributed by atoms with E-state index in [-0.39, 0.29) is 24.4 Å². The van der Waals surface area contributed by atoms with E-state index in [9.17, 15) is 4.79 Å². The lowest BCUT2D eigenvalue weighted by molar-refractivity contribution is -0.116. The van der Waals surface area contributed by atoms with Crippen molar-refractivity contribution in [3.05, 3.63) is 102 Å². The van der Waals surface area contributed by atoms with Crippen molar-refractivity contribution in [2.45, 2.75) is 32.4 Å². The van der Waals surface area contributed by atoms with Crippen molar-refractivity contribution in [2.24, 2.45) is 0 Å². The van der Waals surface area contributed by atoms with Gasteiger partial charge in [0.25, 0.3) is 0 Å². The third-order valence-corrected chi connectivity index (χ3v) is 7.18. The van der Waals surface area contributed by atoms with Crippen LogP contribution in [0.2, 0.25) is 0 Å². The van der Waals surface area contributed by atoms with Gasteiger partial charge < -0.3 is 24.8 Å². The number of pyridine rings is 2. The van der Waals surface area contributed by atoms with Gasteiger partial charge >= 0.3 is 0 Å². The van der Waals surface area contributed by atoms with E-state index in [1.54, 1.807) is 19.5 Å². The van der Waals surface area contributed by atoms with Gasteiger partial charge in [-0.05, 0) is 74.1 Å². The van der Waals surface area contributed by atoms with Gasteiger partial charge in [-0.3, -0.25) is 9.78 Å². The third kappa shape index (κ3) is 4.97. The number of rotatable bonds is 8. The van der Waals surface area contributed by atoms with Crippen LogP contribution in [0, 0.1) is 13.8 Å². The molecule has 9 heteroatoms. The minimum Gasteiger partial charge on any atom is -0.495 e. The van der Waals surface area contributed by atoms with Crippen LogP contribution in [0.1, 0.15) is 41.1 Å². The number of para-hydroxylation sites is 2. The zero-order chi connectivity index (χ0) is 26.6. The molecule has 2 unspecified atom stereocenters. The minimum absolute atomic E-state index is 0.115. The Labute approximate surface area is 227 Å². The SMILES string of the molecule is COc1ccccc1NC(=O)CCN1C(=S)NC(c2ccccn2)C1c1cc(C)n(-c2ccccn2)c1C. The van der Waals surface area contributed by atoms with Crippen molar-refractivity contribution < 1.29 is 9.53 Å². The molecule has 1 aromatic carbocycles. The Kier molecular flexibility index (Phi) is 7.37. The van der Waals surface area contributed by atoms with Crippen molar-refractivity contribution in [3.8, 4) is 11.6 Å². The quantitative estimate of drug-likeness (QED) is 0.316. The maximum absolute atomic E-state index is 13.0. The fourth-order valence-corrected chi connectivity index (χ4v) is 5.42. The summed E-state index contributed by atoms with van der Waals surface area (Å²) in [5, 5.41) is 7.04. The first kappa shape index (κ1) is 25.4. The first-order chi connectivity index (χ1) is 18.5. The first-order valence-corrected chi connectivity index (χ1v) is 12.9. The van der Waals surface area contributed by atoms with Crippen molar-refractivity contribution in [3.63, 3.8) is 0 Å². The van der Waals surface area contributed by atoms with Crippen LogP contribution in [0.5, 0.6) is 5.75 Å². The van der Waals surface area contributed by atoms with Gasteiger partial charge in [0.05, 0.1) is 30.6 Å². The lowest BCUT2D eigenvalue weighted by Crippen LogP contribution is -2.33. The molecule has 0 bridgehead atoms. The summed E-state index contributed by atoms with van der Waals surface area (Å²) in [7, 11) is 1.59. The van der Waals surface area contributed by atoms with Crippen molar-refractivity contribution in [1.29, 1.82) is 0 Å². The lowest BCUT2D eigenvalue weighted by Gasteiger charge is -2.28. The van der Waals surface area contributed by atoms with Gasteiger partial charge in [0.15, 0.2) is 5.11 Å². The van der Waals surface area contributed by atoms with Gasteiger partial charge in [0.2, 0.25) is 5.91 Å². The summed E-state index contributed by atoms with van der Waals surface area (Å²) in [6.07, 6.45) is 3.84. The Balaban J connectivity index is 1.45. The van der Waals surface area contributed by atoms with E-state index in [1.807, 2.05) is 60.7 Å². The third-order valence-electron chi connectivity index (χ3n) is 6.83. The van der Waals surface area contributed by atoms with Crippen molar-refractivity contribution in [2.75, 3.05) is 19.0 Å². The van der Waals surface area contributed by atoms with Crippen molar-refractivity contribution in [1.82, 2.24) is 24.8 Å². The summed E-state index contributed by atoms with van der Waals surface area (Å²) < 4.78 is 7.52. The van der Waals surface area contributed by atoms with E-state index in [1.165, 1.54) is 0 Å². The molecule has 1 amide bonds. The van der Waals surface area contributed by atoms with Gasteiger partial charge in [-0.1, -0.05) is 24.3 Å². The maximum Gasteiger partial charge on any atom is 0.226 e. The molecule has 0 spiro atoms. The normalized spacial score (nSPS) is 16.8. The van der Waals surface area contributed by atoms with Crippen LogP contribution in [0.15, 0.2) is 79.1 Å². The van der Waals surface area contributed by atoms with Crippen LogP contribution in [0.25, 0.3) is 5.82 Å². The first-order valence-electron chi connectivity index (χ1n) is 12.5. The van der Waals surface area contributed by atoms with Crippen LogP contribution in [-0.4, -0.2) is 44.1 Å². The number of nitrogens with zero attached hydrogens (tertiary/aromatic N) is 4. The largest absolute Gasteiger partial charge is 0.495 e. The average Bonchev–Trinajstić information content (AvgIpc) is 3.42. The molecule has 1 saturated heterocycles. The monoisotopic (exact) mass is 526 g/mol. The number of thiocarbonyl (C=S) groups is 1. The molecule has 2 atom stereocenters. The molecule has 2 N–H and O–H groups in total. The summed E-state index contributed by atoms with van der Waals surface area (Å²) in [5.41, 5.74) is 4.79. The molecule has 4 heterocycles. The molecule has 3 aromatic heterocycles. The second kappa shape index (κ2) is 11.0. The van der Waals surface area contributed by atoms with E-state index in [2.05, 4.69) is 50.0 Å². The Hall–Kier alpha value is -4.24. The Morgan fingerprint density at radius 2 is 1.79 bits per heavy atom. The fraction of sp³-hybridized carbons (Fsp3) is 0.241. The van der Waals surface area contributed by atoms with E-state index < -0.39 is 0 Å². The molecule has 0 radical (unpaired) electrons. The lowest BCUT2D eigenvalue weighted by atomic mass is 9.96. The summed E-state index contributed by atoms with van der Waals surface area (Å²) in [5.74, 6) is 1.37. The summed E-state index contributed by atoms with van der Waals surface area (Å²) in [6.45, 7) is 4.61. The zero-order valence-corrected chi connectivity index (χ0v) is 22.4. The molecule has 5 rings (SSSR count). The number of benzene rings is 1. The Bertz CT molecular complexity index is 1440. The highest BCUT2D eigenvalue weighted by molar-refractivity contribution is 7.80. The van der Waals surface area contributed by atoms with E-state index >= 15 is 0 Å². The van der Waals surface area contributed by atoms with E-state index in [0.717, 1.165) is 28.5 Å².